The van der Waals surface area contributed by atoms with Crippen LogP contribution in [0, 0.1) is 24.6 Å². The van der Waals surface area contributed by atoms with Crippen molar-refractivity contribution >= 4 is 23.4 Å². The summed E-state index contributed by atoms with van der Waals surface area (Å²) in [5, 5.41) is 2.58. The van der Waals surface area contributed by atoms with Crippen LogP contribution in [0.3, 0.4) is 0 Å². The third-order valence-corrected chi connectivity index (χ3v) is 4.71. The molecule has 2 aliphatic rings. The number of halogens is 1. The number of nitrogens with zero attached hydrogens (tertiary/aromatic N) is 1. The van der Waals surface area contributed by atoms with E-state index in [4.69, 9.17) is 0 Å². The molecule has 1 heterocycles. The third-order valence-electron chi connectivity index (χ3n) is 4.71. The summed E-state index contributed by atoms with van der Waals surface area (Å²) >= 11 is 0. The molecule has 2 fully saturated rings. The average Bonchev–Trinajstić information content (AvgIpc) is 2.76. The fourth-order valence-corrected chi connectivity index (χ4v) is 3.45. The molecule has 0 aromatic heterocycles. The van der Waals surface area contributed by atoms with E-state index in [0.717, 1.165) is 30.6 Å². The highest BCUT2D eigenvalue weighted by molar-refractivity contribution is 6.08. The molecular weight excluding hydrogens is 299 g/mol. The molecule has 3 rings (SSSR count). The topological polar surface area (TPSA) is 66.5 Å². The Morgan fingerprint density at radius 3 is 2.43 bits per heavy atom. The van der Waals surface area contributed by atoms with E-state index in [1.165, 1.54) is 12.1 Å². The first-order valence-electron chi connectivity index (χ1n) is 7.88. The van der Waals surface area contributed by atoms with Crippen LogP contribution in [0.1, 0.15) is 31.2 Å². The monoisotopic (exact) mass is 318 g/mol. The SMILES string of the molecule is Cc1ccc(F)cc1NC(=O)CN1C(=O)[C@@H]2CCCC[C@H]2C1=O. The lowest BCUT2D eigenvalue weighted by Gasteiger charge is -2.19. The van der Waals surface area contributed by atoms with Crippen LogP contribution in [0.5, 0.6) is 0 Å². The zero-order chi connectivity index (χ0) is 16.6. The first kappa shape index (κ1) is 15.6. The Morgan fingerprint density at radius 2 is 1.83 bits per heavy atom. The van der Waals surface area contributed by atoms with E-state index >= 15 is 0 Å². The first-order valence-corrected chi connectivity index (χ1v) is 7.88. The molecule has 0 spiro atoms. The van der Waals surface area contributed by atoms with E-state index in [1.54, 1.807) is 13.0 Å². The van der Waals surface area contributed by atoms with E-state index in [2.05, 4.69) is 5.32 Å². The van der Waals surface area contributed by atoms with Gasteiger partial charge < -0.3 is 5.32 Å². The van der Waals surface area contributed by atoms with Crippen molar-refractivity contribution in [3.8, 4) is 0 Å². The van der Waals surface area contributed by atoms with Crippen LogP contribution in [0.2, 0.25) is 0 Å². The number of carbonyl (C=O) groups is 3. The van der Waals surface area contributed by atoms with E-state index in [-0.39, 0.29) is 30.2 Å². The van der Waals surface area contributed by atoms with Gasteiger partial charge in [-0.25, -0.2) is 4.39 Å². The molecule has 1 aromatic carbocycles. The minimum atomic E-state index is -0.487. The number of benzene rings is 1. The molecule has 0 bridgehead atoms. The molecule has 0 radical (unpaired) electrons. The van der Waals surface area contributed by atoms with Gasteiger partial charge in [-0.2, -0.15) is 0 Å². The van der Waals surface area contributed by atoms with Crippen molar-refractivity contribution in [2.75, 3.05) is 11.9 Å². The number of anilines is 1. The molecule has 1 saturated heterocycles. The molecule has 2 atom stereocenters. The fraction of sp³-hybridized carbons (Fsp3) is 0.471. The van der Waals surface area contributed by atoms with Crippen molar-refractivity contribution in [2.45, 2.75) is 32.6 Å². The minimum absolute atomic E-state index is 0.245. The maximum atomic E-state index is 13.3. The van der Waals surface area contributed by atoms with Crippen molar-refractivity contribution in [3.05, 3.63) is 29.6 Å². The van der Waals surface area contributed by atoms with Crippen molar-refractivity contribution < 1.29 is 18.8 Å². The molecule has 1 aromatic rings. The summed E-state index contributed by atoms with van der Waals surface area (Å²) in [6, 6.07) is 4.09. The summed E-state index contributed by atoms with van der Waals surface area (Å²) in [5.74, 6) is -1.96. The lowest BCUT2D eigenvalue weighted by Crippen LogP contribution is -2.38. The van der Waals surface area contributed by atoms with Gasteiger partial charge in [0.1, 0.15) is 12.4 Å². The number of imide groups is 1. The zero-order valence-corrected chi connectivity index (χ0v) is 13.0. The zero-order valence-electron chi connectivity index (χ0n) is 13.0. The fourth-order valence-electron chi connectivity index (χ4n) is 3.45. The van der Waals surface area contributed by atoms with Gasteiger partial charge in [-0.15, -0.1) is 0 Å². The third kappa shape index (κ3) is 2.98. The Labute approximate surface area is 133 Å². The van der Waals surface area contributed by atoms with Gasteiger partial charge >= 0.3 is 0 Å². The Morgan fingerprint density at radius 1 is 1.22 bits per heavy atom. The number of aryl methyl sites for hydroxylation is 1. The highest BCUT2D eigenvalue weighted by atomic mass is 19.1. The molecule has 0 unspecified atom stereocenters. The maximum absolute atomic E-state index is 13.3. The Hall–Kier alpha value is -2.24. The molecule has 1 N–H and O–H groups in total. The highest BCUT2D eigenvalue weighted by Crippen LogP contribution is 2.37. The van der Waals surface area contributed by atoms with Crippen molar-refractivity contribution in [1.82, 2.24) is 4.90 Å². The van der Waals surface area contributed by atoms with Crippen LogP contribution in [0.15, 0.2) is 18.2 Å². The lowest BCUT2D eigenvalue weighted by atomic mass is 9.81. The standard InChI is InChI=1S/C17H19FN2O3/c1-10-6-7-11(18)8-14(10)19-15(21)9-20-16(22)12-4-2-3-5-13(12)17(20)23/h6-8,12-13H,2-5,9H2,1H3,(H,19,21)/t12-,13-/m1/s1. The summed E-state index contributed by atoms with van der Waals surface area (Å²) in [5.41, 5.74) is 1.07. The Balaban J connectivity index is 1.69. The number of likely N-dealkylation sites (tertiary alicyclic amines) is 1. The molecular formula is C17H19FN2O3. The predicted molar refractivity (Wildman–Crippen MR) is 81.9 cm³/mol. The van der Waals surface area contributed by atoms with Gasteiger partial charge in [-0.3, -0.25) is 19.3 Å². The average molecular weight is 318 g/mol. The lowest BCUT2D eigenvalue weighted by molar-refractivity contribution is -0.142. The van der Waals surface area contributed by atoms with Crippen molar-refractivity contribution in [3.63, 3.8) is 0 Å². The van der Waals surface area contributed by atoms with Gasteiger partial charge in [0, 0.05) is 5.69 Å². The van der Waals surface area contributed by atoms with E-state index < -0.39 is 11.7 Å². The number of rotatable bonds is 3. The first-order chi connectivity index (χ1) is 11.0. The predicted octanol–water partition coefficient (Wildman–Crippen LogP) is 2.25. The molecule has 3 amide bonds. The summed E-state index contributed by atoms with van der Waals surface area (Å²) in [6.07, 6.45) is 3.33. The van der Waals surface area contributed by atoms with Crippen LogP contribution in [0.4, 0.5) is 10.1 Å². The van der Waals surface area contributed by atoms with E-state index in [0.29, 0.717) is 11.3 Å². The van der Waals surface area contributed by atoms with Crippen LogP contribution < -0.4 is 5.32 Å². The molecule has 1 saturated carbocycles. The minimum Gasteiger partial charge on any atom is -0.324 e. The summed E-state index contributed by atoms with van der Waals surface area (Å²) < 4.78 is 13.3. The maximum Gasteiger partial charge on any atom is 0.244 e. The quantitative estimate of drug-likeness (QED) is 0.869. The van der Waals surface area contributed by atoms with Gasteiger partial charge in [0.2, 0.25) is 17.7 Å². The largest absolute Gasteiger partial charge is 0.324 e. The number of hydrogen-bond donors (Lipinski definition) is 1. The number of carbonyl (C=O) groups excluding carboxylic acids is 3. The summed E-state index contributed by atoms with van der Waals surface area (Å²) in [6.45, 7) is 1.44. The Bertz CT molecular complexity index is 650. The smallest absolute Gasteiger partial charge is 0.244 e. The molecule has 1 aliphatic heterocycles. The Kier molecular flexibility index (Phi) is 4.15. The number of fused-ring (bicyclic) bond motifs is 1. The molecule has 122 valence electrons. The van der Waals surface area contributed by atoms with Crippen LogP contribution in [-0.4, -0.2) is 29.2 Å². The second-order valence-electron chi connectivity index (χ2n) is 6.27. The second-order valence-corrected chi connectivity index (χ2v) is 6.27. The number of nitrogens with one attached hydrogen (secondary N) is 1. The van der Waals surface area contributed by atoms with Gasteiger partial charge in [0.25, 0.3) is 0 Å². The van der Waals surface area contributed by atoms with Crippen LogP contribution in [0.25, 0.3) is 0 Å². The summed E-state index contributed by atoms with van der Waals surface area (Å²) in [7, 11) is 0. The summed E-state index contributed by atoms with van der Waals surface area (Å²) in [4.78, 5) is 37.9. The van der Waals surface area contributed by atoms with Gasteiger partial charge in [-0.1, -0.05) is 18.9 Å². The van der Waals surface area contributed by atoms with E-state index in [9.17, 15) is 18.8 Å². The molecule has 23 heavy (non-hydrogen) atoms. The van der Waals surface area contributed by atoms with Gasteiger partial charge in [-0.05, 0) is 37.5 Å². The van der Waals surface area contributed by atoms with Crippen molar-refractivity contribution in [2.24, 2.45) is 11.8 Å². The van der Waals surface area contributed by atoms with Crippen molar-refractivity contribution in [1.29, 1.82) is 0 Å². The van der Waals surface area contributed by atoms with Gasteiger partial charge in [0.05, 0.1) is 11.8 Å². The molecule has 5 nitrogen and oxygen atoms in total. The van der Waals surface area contributed by atoms with Gasteiger partial charge in [0.15, 0.2) is 0 Å². The number of hydrogen-bond acceptors (Lipinski definition) is 3. The normalized spacial score (nSPS) is 23.8. The molecule has 6 heteroatoms. The van der Waals surface area contributed by atoms with E-state index in [1.807, 2.05) is 0 Å². The molecule has 1 aliphatic carbocycles. The van der Waals surface area contributed by atoms with Crippen LogP contribution >= 0.6 is 0 Å². The highest BCUT2D eigenvalue weighted by Gasteiger charge is 2.48. The number of amides is 3. The van der Waals surface area contributed by atoms with Crippen LogP contribution in [-0.2, 0) is 14.4 Å². The second kappa shape index (κ2) is 6.10.